The van der Waals surface area contributed by atoms with E-state index in [1.165, 1.54) is 4.88 Å². The summed E-state index contributed by atoms with van der Waals surface area (Å²) in [7, 11) is 1.90. The maximum Gasteiger partial charge on any atom is 0.274 e. The first-order valence-corrected chi connectivity index (χ1v) is 9.48. The monoisotopic (exact) mass is 358 g/mol. The van der Waals surface area contributed by atoms with Crippen LogP contribution in [-0.2, 0) is 4.79 Å². The van der Waals surface area contributed by atoms with Crippen molar-refractivity contribution in [3.05, 3.63) is 28.8 Å². The minimum atomic E-state index is -0.0426. The number of hydrogen-bond acceptors (Lipinski definition) is 4. The van der Waals surface area contributed by atoms with Gasteiger partial charge in [-0.05, 0) is 44.4 Å². The van der Waals surface area contributed by atoms with E-state index in [1.807, 2.05) is 29.0 Å². The summed E-state index contributed by atoms with van der Waals surface area (Å²) in [6.07, 6.45) is 3.24. The van der Waals surface area contributed by atoms with Gasteiger partial charge in [-0.3, -0.25) is 14.7 Å². The third-order valence-electron chi connectivity index (χ3n) is 5.67. The Balaban J connectivity index is 1.44. The number of hydrogen-bond donors (Lipinski definition) is 1. The molecule has 2 amide bonds. The Morgan fingerprint density at radius 1 is 1.28 bits per heavy atom. The SMILES string of the molecule is Cc1ccc(-c2cc(C(=O)N3CCC4(CCC(=O)N4C)CC3)n[nH]2)s1. The summed E-state index contributed by atoms with van der Waals surface area (Å²) < 4.78 is 0. The fourth-order valence-corrected chi connectivity index (χ4v) is 4.78. The summed E-state index contributed by atoms with van der Waals surface area (Å²) in [6.45, 7) is 3.42. The second-order valence-electron chi connectivity index (χ2n) is 7.05. The molecule has 2 aromatic heterocycles. The molecule has 4 rings (SSSR count). The van der Waals surface area contributed by atoms with Crippen LogP contribution in [0.25, 0.3) is 10.6 Å². The van der Waals surface area contributed by atoms with Crippen LogP contribution < -0.4 is 0 Å². The molecule has 1 N–H and O–H groups in total. The number of piperidine rings is 1. The van der Waals surface area contributed by atoms with Gasteiger partial charge in [-0.2, -0.15) is 5.10 Å². The largest absolute Gasteiger partial charge is 0.340 e. The van der Waals surface area contributed by atoms with E-state index < -0.39 is 0 Å². The van der Waals surface area contributed by atoms with Crippen molar-refractivity contribution in [3.8, 4) is 10.6 Å². The molecular weight excluding hydrogens is 336 g/mol. The number of thiophene rings is 1. The molecule has 0 saturated carbocycles. The molecule has 7 heteroatoms. The molecule has 2 saturated heterocycles. The fourth-order valence-electron chi connectivity index (χ4n) is 3.95. The number of likely N-dealkylation sites (tertiary alicyclic amines) is 2. The molecule has 1 spiro atoms. The Labute approximate surface area is 150 Å². The van der Waals surface area contributed by atoms with Crippen LogP contribution in [0.2, 0.25) is 0 Å². The number of nitrogens with zero attached hydrogens (tertiary/aromatic N) is 3. The van der Waals surface area contributed by atoms with Crippen molar-refractivity contribution in [2.24, 2.45) is 0 Å². The average Bonchev–Trinajstić information content (AvgIpc) is 3.32. The van der Waals surface area contributed by atoms with Crippen LogP contribution in [-0.4, -0.2) is 57.5 Å². The maximum absolute atomic E-state index is 12.8. The number of carbonyl (C=O) groups excluding carboxylic acids is 2. The number of nitrogens with one attached hydrogen (secondary N) is 1. The van der Waals surface area contributed by atoms with Gasteiger partial charge in [0.05, 0.1) is 10.6 Å². The topological polar surface area (TPSA) is 69.3 Å². The van der Waals surface area contributed by atoms with Crippen LogP contribution >= 0.6 is 11.3 Å². The summed E-state index contributed by atoms with van der Waals surface area (Å²) in [4.78, 5) is 30.7. The number of aryl methyl sites for hydroxylation is 1. The van der Waals surface area contributed by atoms with Crippen LogP contribution in [0.1, 0.15) is 41.0 Å². The number of rotatable bonds is 2. The second kappa shape index (κ2) is 5.98. The molecule has 2 aliphatic rings. The zero-order valence-corrected chi connectivity index (χ0v) is 15.4. The van der Waals surface area contributed by atoms with Crippen molar-refractivity contribution in [1.82, 2.24) is 20.0 Å². The van der Waals surface area contributed by atoms with Crippen molar-refractivity contribution < 1.29 is 9.59 Å². The van der Waals surface area contributed by atoms with Crippen molar-refractivity contribution >= 4 is 23.2 Å². The zero-order valence-electron chi connectivity index (χ0n) is 14.5. The van der Waals surface area contributed by atoms with Crippen LogP contribution in [0.15, 0.2) is 18.2 Å². The normalized spacial score (nSPS) is 19.8. The maximum atomic E-state index is 12.8. The average molecular weight is 358 g/mol. The Bertz CT molecular complexity index is 817. The van der Waals surface area contributed by atoms with Crippen LogP contribution in [0.5, 0.6) is 0 Å². The van der Waals surface area contributed by atoms with Gasteiger partial charge in [-0.25, -0.2) is 0 Å². The predicted molar refractivity (Wildman–Crippen MR) is 96.5 cm³/mol. The van der Waals surface area contributed by atoms with Crippen LogP contribution in [0, 0.1) is 6.92 Å². The van der Waals surface area contributed by atoms with E-state index in [1.54, 1.807) is 11.3 Å². The molecule has 0 bridgehead atoms. The molecule has 132 valence electrons. The molecule has 2 aromatic rings. The van der Waals surface area contributed by atoms with Gasteiger partial charge in [0.1, 0.15) is 0 Å². The predicted octanol–water partition coefficient (Wildman–Crippen LogP) is 2.67. The lowest BCUT2D eigenvalue weighted by Crippen LogP contribution is -2.52. The molecule has 0 aromatic carbocycles. The number of carbonyl (C=O) groups is 2. The van der Waals surface area contributed by atoms with Crippen molar-refractivity contribution in [2.75, 3.05) is 20.1 Å². The summed E-state index contributed by atoms with van der Waals surface area (Å²) in [6, 6.07) is 5.94. The van der Waals surface area contributed by atoms with E-state index in [-0.39, 0.29) is 17.4 Å². The third kappa shape index (κ3) is 2.76. The summed E-state index contributed by atoms with van der Waals surface area (Å²) in [5.74, 6) is 0.195. The van der Waals surface area contributed by atoms with Crippen molar-refractivity contribution in [2.45, 2.75) is 38.1 Å². The Kier molecular flexibility index (Phi) is 3.91. The molecular formula is C18H22N4O2S. The van der Waals surface area contributed by atoms with Crippen LogP contribution in [0.3, 0.4) is 0 Å². The van der Waals surface area contributed by atoms with Gasteiger partial charge in [-0.15, -0.1) is 11.3 Å². The molecule has 0 unspecified atom stereocenters. The molecule has 0 radical (unpaired) electrons. The summed E-state index contributed by atoms with van der Waals surface area (Å²) >= 11 is 1.68. The fraction of sp³-hybridized carbons (Fsp3) is 0.500. The van der Waals surface area contributed by atoms with E-state index in [0.717, 1.165) is 29.8 Å². The third-order valence-corrected chi connectivity index (χ3v) is 6.71. The quantitative estimate of drug-likeness (QED) is 0.897. The lowest BCUT2D eigenvalue weighted by molar-refractivity contribution is -0.130. The molecule has 6 nitrogen and oxygen atoms in total. The van der Waals surface area contributed by atoms with Gasteiger partial charge < -0.3 is 9.80 Å². The van der Waals surface area contributed by atoms with Gasteiger partial charge in [0, 0.05) is 37.0 Å². The van der Waals surface area contributed by atoms with E-state index >= 15 is 0 Å². The van der Waals surface area contributed by atoms with E-state index in [2.05, 4.69) is 23.2 Å². The highest BCUT2D eigenvalue weighted by Gasteiger charge is 2.45. The van der Waals surface area contributed by atoms with Gasteiger partial charge in [-0.1, -0.05) is 0 Å². The molecule has 25 heavy (non-hydrogen) atoms. The summed E-state index contributed by atoms with van der Waals surface area (Å²) in [5.41, 5.74) is 1.31. The summed E-state index contributed by atoms with van der Waals surface area (Å²) in [5, 5.41) is 7.20. The lowest BCUT2D eigenvalue weighted by Gasteiger charge is -2.43. The first kappa shape index (κ1) is 16.3. The highest BCUT2D eigenvalue weighted by atomic mass is 32.1. The van der Waals surface area contributed by atoms with Gasteiger partial charge in [0.15, 0.2) is 5.69 Å². The molecule has 4 heterocycles. The van der Waals surface area contributed by atoms with Gasteiger partial charge in [0.25, 0.3) is 5.91 Å². The van der Waals surface area contributed by atoms with E-state index in [4.69, 9.17) is 0 Å². The molecule has 0 aliphatic carbocycles. The first-order valence-electron chi connectivity index (χ1n) is 8.67. The van der Waals surface area contributed by atoms with Crippen molar-refractivity contribution in [1.29, 1.82) is 0 Å². The Hall–Kier alpha value is -2.15. The second-order valence-corrected chi connectivity index (χ2v) is 8.33. The van der Waals surface area contributed by atoms with Crippen LogP contribution in [0.4, 0.5) is 0 Å². The Morgan fingerprint density at radius 3 is 2.64 bits per heavy atom. The molecule has 0 atom stereocenters. The highest BCUT2D eigenvalue weighted by molar-refractivity contribution is 7.15. The van der Waals surface area contributed by atoms with E-state index in [0.29, 0.717) is 25.2 Å². The number of amides is 2. The zero-order chi connectivity index (χ0) is 17.6. The first-order chi connectivity index (χ1) is 12.0. The van der Waals surface area contributed by atoms with Crippen molar-refractivity contribution in [3.63, 3.8) is 0 Å². The molecule has 2 aliphatic heterocycles. The number of aromatic nitrogens is 2. The number of H-pyrrole nitrogens is 1. The van der Waals surface area contributed by atoms with Gasteiger partial charge >= 0.3 is 0 Å². The highest BCUT2D eigenvalue weighted by Crippen LogP contribution is 2.38. The lowest BCUT2D eigenvalue weighted by atomic mass is 9.85. The minimum absolute atomic E-state index is 0.0300. The van der Waals surface area contributed by atoms with Gasteiger partial charge in [0.2, 0.25) is 5.91 Å². The standard InChI is InChI=1S/C18H22N4O2S/c1-12-3-4-15(25-12)13-11-14(20-19-13)17(24)22-9-7-18(8-10-22)6-5-16(23)21(18)2/h3-4,11H,5-10H2,1-2H3,(H,19,20). The minimum Gasteiger partial charge on any atom is -0.340 e. The number of aromatic amines is 1. The molecule has 2 fully saturated rings. The smallest absolute Gasteiger partial charge is 0.274 e. The van der Waals surface area contributed by atoms with E-state index in [9.17, 15) is 9.59 Å². The Morgan fingerprint density at radius 2 is 2.04 bits per heavy atom.